The molecule has 0 aromatic heterocycles. The molecule has 3 aliphatic carbocycles. The van der Waals surface area contributed by atoms with Gasteiger partial charge >= 0.3 is 0 Å². The lowest BCUT2D eigenvalue weighted by molar-refractivity contribution is 0.286. The molecule has 3 aliphatic rings. The van der Waals surface area contributed by atoms with Crippen molar-refractivity contribution in [3.8, 4) is 22.3 Å². The van der Waals surface area contributed by atoms with Crippen LogP contribution in [-0.4, -0.2) is 0 Å². The standard InChI is InChI=1S/C52H64/c1-48(2,3)38-26-36(27-39(30-38)49(4,5)6)44-20-16-18-34-24-42(32-46(34)44)52(22-14-13-15-23-52)43-25-35-19-17-21-45(47(35)33-43)37-28-40(50(7,8)9)31-41(29-37)51(10,11)12/h16-21,26-33H,13-15,22-25H2,1-12H3. The van der Waals surface area contributed by atoms with Crippen molar-refractivity contribution in [3.63, 3.8) is 0 Å². The Labute approximate surface area is 316 Å². The van der Waals surface area contributed by atoms with Crippen LogP contribution in [0.25, 0.3) is 34.4 Å². The van der Waals surface area contributed by atoms with Gasteiger partial charge in [0.1, 0.15) is 0 Å². The summed E-state index contributed by atoms with van der Waals surface area (Å²) in [6, 6.07) is 29.0. The zero-order valence-corrected chi connectivity index (χ0v) is 34.5. The summed E-state index contributed by atoms with van der Waals surface area (Å²) < 4.78 is 0. The van der Waals surface area contributed by atoms with Crippen molar-refractivity contribution in [2.75, 3.05) is 0 Å². The average Bonchev–Trinajstić information content (AvgIpc) is 3.72. The topological polar surface area (TPSA) is 0 Å². The monoisotopic (exact) mass is 689 g/mol. The Bertz CT molecular complexity index is 1860. The minimum atomic E-state index is 0.0896. The van der Waals surface area contributed by atoms with Gasteiger partial charge in [-0.05, 0) is 114 Å². The van der Waals surface area contributed by atoms with E-state index in [1.807, 2.05) is 0 Å². The lowest BCUT2D eigenvalue weighted by Gasteiger charge is -2.40. The van der Waals surface area contributed by atoms with E-state index >= 15 is 0 Å². The molecule has 0 nitrogen and oxygen atoms in total. The van der Waals surface area contributed by atoms with E-state index in [0.29, 0.717) is 0 Å². The lowest BCUT2D eigenvalue weighted by Crippen LogP contribution is -2.29. The van der Waals surface area contributed by atoms with Crippen LogP contribution in [-0.2, 0) is 34.5 Å². The Balaban J connectivity index is 1.34. The van der Waals surface area contributed by atoms with Crippen LogP contribution in [0.5, 0.6) is 0 Å². The van der Waals surface area contributed by atoms with E-state index in [1.54, 1.807) is 11.1 Å². The molecule has 4 aromatic carbocycles. The van der Waals surface area contributed by atoms with Crippen molar-refractivity contribution in [2.45, 2.75) is 150 Å². The predicted molar refractivity (Wildman–Crippen MR) is 227 cm³/mol. The Morgan fingerprint density at radius 2 is 0.769 bits per heavy atom. The molecule has 0 bridgehead atoms. The summed E-state index contributed by atoms with van der Waals surface area (Å²) in [5, 5.41) is 0. The van der Waals surface area contributed by atoms with Gasteiger partial charge in [-0.3, -0.25) is 0 Å². The number of rotatable bonds is 4. The van der Waals surface area contributed by atoms with E-state index in [4.69, 9.17) is 0 Å². The van der Waals surface area contributed by atoms with Gasteiger partial charge in [0.05, 0.1) is 0 Å². The van der Waals surface area contributed by atoms with Gasteiger partial charge < -0.3 is 0 Å². The Kier molecular flexibility index (Phi) is 9.00. The molecule has 52 heavy (non-hydrogen) atoms. The number of fused-ring (bicyclic) bond motifs is 2. The maximum atomic E-state index is 2.66. The molecule has 0 radical (unpaired) electrons. The summed E-state index contributed by atoms with van der Waals surface area (Å²) in [4.78, 5) is 0. The molecule has 0 N–H and O–H groups in total. The second-order valence-corrected chi connectivity index (χ2v) is 20.7. The average molecular weight is 689 g/mol. The van der Waals surface area contributed by atoms with Gasteiger partial charge in [-0.25, -0.2) is 0 Å². The summed E-state index contributed by atoms with van der Waals surface area (Å²) >= 11 is 0. The maximum Gasteiger partial charge on any atom is 0.0134 e. The number of allylic oxidation sites excluding steroid dienone is 2. The van der Waals surface area contributed by atoms with E-state index in [9.17, 15) is 0 Å². The summed E-state index contributed by atoms with van der Waals surface area (Å²) in [5.74, 6) is 0. The molecular formula is C52H64. The van der Waals surface area contributed by atoms with E-state index in [-0.39, 0.29) is 27.1 Å². The first-order valence-corrected chi connectivity index (χ1v) is 20.2. The van der Waals surface area contributed by atoms with Gasteiger partial charge in [-0.2, -0.15) is 0 Å². The van der Waals surface area contributed by atoms with Gasteiger partial charge in [-0.15, -0.1) is 0 Å². The van der Waals surface area contributed by atoms with E-state index in [1.165, 1.54) is 98.9 Å². The number of hydrogen-bond donors (Lipinski definition) is 0. The molecule has 1 saturated carbocycles. The van der Waals surface area contributed by atoms with Crippen LogP contribution in [0.1, 0.15) is 160 Å². The first-order chi connectivity index (χ1) is 24.2. The zero-order valence-electron chi connectivity index (χ0n) is 34.5. The maximum absolute atomic E-state index is 2.66. The Hall–Kier alpha value is -3.64. The molecule has 0 heterocycles. The highest BCUT2D eigenvalue weighted by Gasteiger charge is 2.42. The van der Waals surface area contributed by atoms with Crippen LogP contribution in [0.15, 0.2) is 83.9 Å². The SMILES string of the molecule is CC(C)(C)c1cc(-c2cccc3c2C=C(C2(C4=Cc5c(cccc5-c5cc(C(C)(C)C)cc(C(C)(C)C)c5)C4)CCCCC2)C3)cc(C(C)(C)C)c1. The smallest absolute Gasteiger partial charge is 0.0134 e. The van der Waals surface area contributed by atoms with Crippen molar-refractivity contribution in [3.05, 3.63) is 128 Å². The molecule has 0 heteroatoms. The zero-order chi connectivity index (χ0) is 37.4. The van der Waals surface area contributed by atoms with Crippen molar-refractivity contribution in [1.82, 2.24) is 0 Å². The normalized spacial score (nSPS) is 17.5. The fourth-order valence-electron chi connectivity index (χ4n) is 9.16. The van der Waals surface area contributed by atoms with Crippen LogP contribution >= 0.6 is 0 Å². The van der Waals surface area contributed by atoms with Crippen LogP contribution in [0.2, 0.25) is 0 Å². The van der Waals surface area contributed by atoms with Crippen molar-refractivity contribution in [2.24, 2.45) is 5.41 Å². The molecule has 0 aliphatic heterocycles. The molecule has 0 atom stereocenters. The van der Waals surface area contributed by atoms with Gasteiger partial charge in [0.2, 0.25) is 0 Å². The first kappa shape index (κ1) is 36.7. The summed E-state index contributed by atoms with van der Waals surface area (Å²) in [6.45, 7) is 28.2. The highest BCUT2D eigenvalue weighted by molar-refractivity contribution is 5.85. The van der Waals surface area contributed by atoms with E-state index < -0.39 is 0 Å². The molecule has 7 rings (SSSR count). The molecule has 4 aromatic rings. The third kappa shape index (κ3) is 6.81. The Morgan fingerprint density at radius 3 is 1.10 bits per heavy atom. The molecule has 0 saturated heterocycles. The molecule has 1 fully saturated rings. The van der Waals surface area contributed by atoms with Crippen LogP contribution < -0.4 is 0 Å². The summed E-state index contributed by atoms with van der Waals surface area (Å²) in [5.41, 5.74) is 20.9. The third-order valence-corrected chi connectivity index (χ3v) is 12.7. The van der Waals surface area contributed by atoms with Gasteiger partial charge in [0.15, 0.2) is 0 Å². The minimum absolute atomic E-state index is 0.0896. The van der Waals surface area contributed by atoms with Crippen LogP contribution in [0.4, 0.5) is 0 Å². The molecule has 0 spiro atoms. The molecular weight excluding hydrogens is 625 g/mol. The van der Waals surface area contributed by atoms with Gasteiger partial charge in [0.25, 0.3) is 0 Å². The summed E-state index contributed by atoms with van der Waals surface area (Å²) in [6.07, 6.45) is 13.9. The van der Waals surface area contributed by atoms with Crippen molar-refractivity contribution < 1.29 is 0 Å². The molecule has 0 amide bonds. The fourth-order valence-corrected chi connectivity index (χ4v) is 9.16. The first-order valence-electron chi connectivity index (χ1n) is 20.2. The van der Waals surface area contributed by atoms with E-state index in [0.717, 1.165) is 12.8 Å². The van der Waals surface area contributed by atoms with Crippen molar-refractivity contribution >= 4 is 12.2 Å². The lowest BCUT2D eigenvalue weighted by atomic mass is 9.63. The van der Waals surface area contributed by atoms with Gasteiger partial charge in [-0.1, -0.05) is 198 Å². The molecule has 0 unspecified atom stereocenters. The van der Waals surface area contributed by atoms with E-state index in [2.05, 4.69) is 168 Å². The second-order valence-electron chi connectivity index (χ2n) is 20.7. The summed E-state index contributed by atoms with van der Waals surface area (Å²) in [7, 11) is 0. The highest BCUT2D eigenvalue weighted by Crippen LogP contribution is 2.56. The molecule has 272 valence electrons. The third-order valence-electron chi connectivity index (χ3n) is 12.7. The van der Waals surface area contributed by atoms with Crippen LogP contribution in [0, 0.1) is 5.41 Å². The Morgan fingerprint density at radius 1 is 0.423 bits per heavy atom. The largest absolute Gasteiger partial charge is 0.0613 e. The van der Waals surface area contributed by atoms with Crippen molar-refractivity contribution in [1.29, 1.82) is 0 Å². The second kappa shape index (κ2) is 12.7. The minimum Gasteiger partial charge on any atom is -0.0613 e. The van der Waals surface area contributed by atoms with Gasteiger partial charge in [0, 0.05) is 5.41 Å². The number of hydrogen-bond acceptors (Lipinski definition) is 0. The quantitative estimate of drug-likeness (QED) is 0.200. The predicted octanol–water partition coefficient (Wildman–Crippen LogP) is 14.7. The number of benzene rings is 4. The van der Waals surface area contributed by atoms with Crippen LogP contribution in [0.3, 0.4) is 0 Å². The highest BCUT2D eigenvalue weighted by atomic mass is 14.5. The fraction of sp³-hybridized carbons (Fsp3) is 0.462.